The average Bonchev–Trinajstić information content (AvgIpc) is 3.09. The van der Waals surface area contributed by atoms with Crippen LogP contribution in [0, 0.1) is 6.92 Å². The molecule has 0 saturated carbocycles. The summed E-state index contributed by atoms with van der Waals surface area (Å²) in [5.41, 5.74) is 1.14. The largest absolute Gasteiger partial charge is 0.480 e. The van der Waals surface area contributed by atoms with E-state index in [-0.39, 0.29) is 17.8 Å². The van der Waals surface area contributed by atoms with Crippen molar-refractivity contribution in [3.8, 4) is 0 Å². The number of benzene rings is 1. The molecule has 4 aromatic rings. The molecule has 0 aliphatic heterocycles. The fourth-order valence-corrected chi connectivity index (χ4v) is 3.36. The van der Waals surface area contributed by atoms with Gasteiger partial charge in [0.2, 0.25) is 0 Å². The maximum Gasteiger partial charge on any atom is 0.323 e. The predicted octanol–water partition coefficient (Wildman–Crippen LogP) is 2.25. The first-order chi connectivity index (χ1) is 14.3. The maximum absolute atomic E-state index is 12.9. The van der Waals surface area contributed by atoms with E-state index < -0.39 is 24.0 Å². The first-order valence-corrected chi connectivity index (χ1v) is 9.34. The van der Waals surface area contributed by atoms with E-state index in [4.69, 9.17) is 11.6 Å². The summed E-state index contributed by atoms with van der Waals surface area (Å²) in [5, 5.41) is 12.9. The molecule has 0 radical (unpaired) electrons. The van der Waals surface area contributed by atoms with Gasteiger partial charge in [-0.2, -0.15) is 0 Å². The van der Waals surface area contributed by atoms with Crippen molar-refractivity contribution in [3.05, 3.63) is 68.9 Å². The molecule has 0 spiro atoms. The lowest BCUT2D eigenvalue weighted by atomic mass is 10.1. The number of hydrogen-bond donors (Lipinski definition) is 3. The SMILES string of the molecule is Cc1nc2c(cnc3c2cc(C(=O)NCc2ccc(Cl)cc2)c(=O)n3CC(=O)O)[nH]1. The van der Waals surface area contributed by atoms with Gasteiger partial charge in [0, 0.05) is 17.0 Å². The first-order valence-electron chi connectivity index (χ1n) is 8.97. The third-order valence-electron chi connectivity index (χ3n) is 4.59. The van der Waals surface area contributed by atoms with Gasteiger partial charge in [0.15, 0.2) is 0 Å². The molecule has 0 aliphatic rings. The number of carbonyl (C=O) groups excluding carboxylic acids is 1. The Hall–Kier alpha value is -3.72. The van der Waals surface area contributed by atoms with Gasteiger partial charge < -0.3 is 15.4 Å². The second-order valence-corrected chi connectivity index (χ2v) is 7.17. The van der Waals surface area contributed by atoms with Gasteiger partial charge in [-0.25, -0.2) is 9.97 Å². The second-order valence-electron chi connectivity index (χ2n) is 6.73. The average molecular weight is 426 g/mol. The number of rotatable bonds is 5. The molecule has 3 aromatic heterocycles. The molecule has 10 heteroatoms. The summed E-state index contributed by atoms with van der Waals surface area (Å²) in [4.78, 5) is 48.7. The first kappa shape index (κ1) is 19.6. The van der Waals surface area contributed by atoms with Crippen LogP contribution in [0.15, 0.2) is 41.3 Å². The molecule has 0 bridgehead atoms. The number of nitrogens with one attached hydrogen (secondary N) is 2. The van der Waals surface area contributed by atoms with Gasteiger partial charge in [0.05, 0.1) is 11.7 Å². The minimum absolute atomic E-state index is 0.149. The molecule has 0 unspecified atom stereocenters. The van der Waals surface area contributed by atoms with Crippen LogP contribution in [0.5, 0.6) is 0 Å². The molecule has 0 aliphatic carbocycles. The van der Waals surface area contributed by atoms with Crippen LogP contribution in [0.3, 0.4) is 0 Å². The van der Waals surface area contributed by atoms with Crippen LogP contribution in [0.4, 0.5) is 0 Å². The number of imidazole rings is 1. The number of amides is 1. The number of aliphatic carboxylic acids is 1. The molecule has 1 aromatic carbocycles. The maximum atomic E-state index is 12.9. The van der Waals surface area contributed by atoms with E-state index in [0.717, 1.165) is 10.1 Å². The summed E-state index contributed by atoms with van der Waals surface area (Å²) in [5.74, 6) is -1.22. The number of hydrogen-bond acceptors (Lipinski definition) is 5. The number of nitrogens with zero attached hydrogens (tertiary/aromatic N) is 3. The number of pyridine rings is 2. The molecule has 0 fully saturated rings. The predicted molar refractivity (Wildman–Crippen MR) is 111 cm³/mol. The van der Waals surface area contributed by atoms with Crippen molar-refractivity contribution in [2.24, 2.45) is 0 Å². The summed E-state index contributed by atoms with van der Waals surface area (Å²) < 4.78 is 0.971. The van der Waals surface area contributed by atoms with Crippen LogP contribution in [0.2, 0.25) is 5.02 Å². The highest BCUT2D eigenvalue weighted by atomic mass is 35.5. The molecule has 3 N–H and O–H groups in total. The number of fused-ring (bicyclic) bond motifs is 3. The standard InChI is InChI=1S/C20H16ClN5O4/c1-10-24-15-8-22-18-13(17(15)25-10)6-14(20(30)26(18)9-16(27)28)19(29)23-7-11-2-4-12(21)5-3-11/h2-6,8H,7,9H2,1H3,(H,23,29)(H,24,25)(H,27,28). The molecule has 30 heavy (non-hydrogen) atoms. The van der Waals surface area contributed by atoms with E-state index in [1.54, 1.807) is 31.2 Å². The van der Waals surface area contributed by atoms with E-state index in [2.05, 4.69) is 20.3 Å². The van der Waals surface area contributed by atoms with Crippen LogP contribution >= 0.6 is 11.6 Å². The number of carbonyl (C=O) groups is 2. The summed E-state index contributed by atoms with van der Waals surface area (Å²) in [7, 11) is 0. The number of carboxylic acids is 1. The zero-order chi connectivity index (χ0) is 21.4. The molecule has 152 valence electrons. The van der Waals surface area contributed by atoms with Crippen molar-refractivity contribution in [3.63, 3.8) is 0 Å². The third-order valence-corrected chi connectivity index (χ3v) is 4.84. The van der Waals surface area contributed by atoms with Gasteiger partial charge in [-0.3, -0.25) is 19.0 Å². The number of H-pyrrole nitrogens is 1. The van der Waals surface area contributed by atoms with E-state index in [1.807, 2.05) is 0 Å². The number of halogens is 1. The summed E-state index contributed by atoms with van der Waals surface area (Å²) >= 11 is 5.86. The summed E-state index contributed by atoms with van der Waals surface area (Å²) in [6.45, 7) is 1.31. The van der Waals surface area contributed by atoms with Crippen molar-refractivity contribution in [2.75, 3.05) is 0 Å². The van der Waals surface area contributed by atoms with Crippen LogP contribution in [-0.2, 0) is 17.9 Å². The van der Waals surface area contributed by atoms with Gasteiger partial charge in [0.25, 0.3) is 11.5 Å². The van der Waals surface area contributed by atoms with Gasteiger partial charge in [-0.15, -0.1) is 0 Å². The van der Waals surface area contributed by atoms with Crippen molar-refractivity contribution in [2.45, 2.75) is 20.0 Å². The Bertz CT molecular complexity index is 1360. The number of carboxylic acid groups (broad SMARTS) is 1. The fourth-order valence-electron chi connectivity index (χ4n) is 3.23. The molecular formula is C20H16ClN5O4. The highest BCUT2D eigenvalue weighted by Crippen LogP contribution is 2.22. The summed E-state index contributed by atoms with van der Waals surface area (Å²) in [6, 6.07) is 8.31. The van der Waals surface area contributed by atoms with Crippen molar-refractivity contribution in [1.82, 2.24) is 24.8 Å². The van der Waals surface area contributed by atoms with Gasteiger partial charge in [0.1, 0.15) is 29.1 Å². The van der Waals surface area contributed by atoms with Gasteiger partial charge in [-0.1, -0.05) is 23.7 Å². The Morgan fingerprint density at radius 1 is 1.27 bits per heavy atom. The minimum Gasteiger partial charge on any atom is -0.480 e. The van der Waals surface area contributed by atoms with Gasteiger partial charge in [-0.05, 0) is 30.7 Å². The van der Waals surface area contributed by atoms with Crippen molar-refractivity contribution in [1.29, 1.82) is 0 Å². The van der Waals surface area contributed by atoms with Crippen LogP contribution in [-0.4, -0.2) is 36.5 Å². The fraction of sp³-hybridized carbons (Fsp3) is 0.150. The molecule has 3 heterocycles. The van der Waals surface area contributed by atoms with E-state index >= 15 is 0 Å². The molecule has 9 nitrogen and oxygen atoms in total. The second kappa shape index (κ2) is 7.60. The van der Waals surface area contributed by atoms with Crippen LogP contribution in [0.1, 0.15) is 21.7 Å². The highest BCUT2D eigenvalue weighted by molar-refractivity contribution is 6.30. The van der Waals surface area contributed by atoms with Crippen LogP contribution in [0.25, 0.3) is 22.1 Å². The third kappa shape index (κ3) is 3.62. The molecule has 4 rings (SSSR count). The minimum atomic E-state index is -1.22. The van der Waals surface area contributed by atoms with Crippen molar-refractivity contribution >= 4 is 45.5 Å². The smallest absolute Gasteiger partial charge is 0.323 e. The lowest BCUT2D eigenvalue weighted by Crippen LogP contribution is -2.34. The lowest BCUT2D eigenvalue weighted by Gasteiger charge is -2.11. The molecule has 0 atom stereocenters. The number of aromatic amines is 1. The zero-order valence-corrected chi connectivity index (χ0v) is 16.5. The van der Waals surface area contributed by atoms with E-state index in [9.17, 15) is 19.5 Å². The quantitative estimate of drug-likeness (QED) is 0.449. The Labute approximate surface area is 174 Å². The molecule has 1 amide bonds. The molecule has 0 saturated heterocycles. The normalized spacial score (nSPS) is 11.1. The van der Waals surface area contributed by atoms with Crippen LogP contribution < -0.4 is 10.9 Å². The van der Waals surface area contributed by atoms with E-state index in [0.29, 0.717) is 27.3 Å². The van der Waals surface area contributed by atoms with E-state index in [1.165, 1.54) is 12.3 Å². The lowest BCUT2D eigenvalue weighted by molar-refractivity contribution is -0.137. The zero-order valence-electron chi connectivity index (χ0n) is 15.8. The monoisotopic (exact) mass is 425 g/mol. The van der Waals surface area contributed by atoms with Gasteiger partial charge >= 0.3 is 5.97 Å². The Morgan fingerprint density at radius 2 is 2.00 bits per heavy atom. The number of aromatic nitrogens is 4. The Balaban J connectivity index is 1.81. The Morgan fingerprint density at radius 3 is 2.70 bits per heavy atom. The Kier molecular flexibility index (Phi) is 4.96. The number of aryl methyl sites for hydroxylation is 1. The summed E-state index contributed by atoms with van der Waals surface area (Å²) in [6.07, 6.45) is 1.48. The topological polar surface area (TPSA) is 130 Å². The van der Waals surface area contributed by atoms with Crippen molar-refractivity contribution < 1.29 is 14.7 Å². The highest BCUT2D eigenvalue weighted by Gasteiger charge is 2.20. The molecular weight excluding hydrogens is 410 g/mol.